The molecule has 116 valence electrons. The van der Waals surface area contributed by atoms with Gasteiger partial charge in [-0.3, -0.25) is 9.69 Å². The summed E-state index contributed by atoms with van der Waals surface area (Å²) >= 11 is 0. The highest BCUT2D eigenvalue weighted by Gasteiger charge is 2.29. The zero-order chi connectivity index (χ0) is 15.1. The van der Waals surface area contributed by atoms with Crippen molar-refractivity contribution >= 4 is 11.8 Å². The molecule has 3 atom stereocenters. The van der Waals surface area contributed by atoms with Gasteiger partial charge in [-0.2, -0.15) is 0 Å². The first kappa shape index (κ1) is 17.2. The molecule has 2 fully saturated rings. The summed E-state index contributed by atoms with van der Waals surface area (Å²) < 4.78 is 0. The van der Waals surface area contributed by atoms with E-state index in [0.29, 0.717) is 23.9 Å². The molecule has 2 amide bonds. The van der Waals surface area contributed by atoms with Gasteiger partial charge in [-0.25, -0.2) is 4.79 Å². The topological polar surface area (TPSA) is 41.8 Å². The molecule has 4 heteroatoms. The van der Waals surface area contributed by atoms with Gasteiger partial charge in [0, 0.05) is 25.4 Å². The molecule has 4 nitrogen and oxygen atoms in total. The monoisotopic (exact) mass is 283 g/mol. The van der Waals surface area contributed by atoms with Crippen molar-refractivity contribution in [2.45, 2.75) is 78.3 Å². The van der Waals surface area contributed by atoms with Crippen molar-refractivity contribution in [2.75, 3.05) is 13.1 Å². The van der Waals surface area contributed by atoms with Crippen molar-refractivity contribution < 1.29 is 14.5 Å². The Kier molecular flexibility index (Phi) is 7.20. The van der Waals surface area contributed by atoms with E-state index in [1.54, 1.807) is 0 Å². The van der Waals surface area contributed by atoms with E-state index in [1.165, 1.54) is 4.90 Å². The Hall–Kier alpha value is -0.900. The Morgan fingerprint density at radius 2 is 1.80 bits per heavy atom. The summed E-state index contributed by atoms with van der Waals surface area (Å²) in [6, 6.07) is 0.991. The number of amides is 2. The van der Waals surface area contributed by atoms with Crippen LogP contribution in [0.5, 0.6) is 0 Å². The minimum Gasteiger partial charge on any atom is -0.340 e. The lowest BCUT2D eigenvalue weighted by Gasteiger charge is -2.22. The van der Waals surface area contributed by atoms with Crippen LogP contribution in [0.15, 0.2) is 0 Å². The molecule has 2 aliphatic heterocycles. The lowest BCUT2D eigenvalue weighted by atomic mass is 10.2. The van der Waals surface area contributed by atoms with Crippen LogP contribution in [0.4, 0.5) is 0 Å². The molecule has 2 aliphatic rings. The van der Waals surface area contributed by atoms with Crippen LogP contribution in [0.2, 0.25) is 0 Å². The van der Waals surface area contributed by atoms with Gasteiger partial charge in [-0.05, 0) is 33.1 Å². The summed E-state index contributed by atoms with van der Waals surface area (Å²) in [4.78, 5) is 25.4. The van der Waals surface area contributed by atoms with Crippen molar-refractivity contribution in [1.82, 2.24) is 4.90 Å². The molecule has 0 aliphatic carbocycles. The average Bonchev–Trinajstić information content (AvgIpc) is 3.06. The SMILES string of the molecule is CCC(C)N1CCCC1=O.CCC(C)[NH+]1CCCC1=O. The van der Waals surface area contributed by atoms with E-state index in [4.69, 9.17) is 0 Å². The van der Waals surface area contributed by atoms with Crippen molar-refractivity contribution in [3.63, 3.8) is 0 Å². The summed E-state index contributed by atoms with van der Waals surface area (Å²) in [6.45, 7) is 10.6. The normalized spacial score (nSPS) is 25.4. The second-order valence-electron chi connectivity index (χ2n) is 6.06. The van der Waals surface area contributed by atoms with Crippen molar-refractivity contribution in [3.8, 4) is 0 Å². The molecular weight excluding hydrogens is 252 g/mol. The quantitative estimate of drug-likeness (QED) is 0.847. The van der Waals surface area contributed by atoms with Crippen LogP contribution >= 0.6 is 0 Å². The van der Waals surface area contributed by atoms with Crippen molar-refractivity contribution in [2.24, 2.45) is 0 Å². The molecule has 0 aromatic carbocycles. The predicted molar refractivity (Wildman–Crippen MR) is 80.5 cm³/mol. The number of nitrogens with zero attached hydrogens (tertiary/aromatic N) is 1. The van der Waals surface area contributed by atoms with Crippen molar-refractivity contribution in [1.29, 1.82) is 0 Å². The number of quaternary nitrogens is 1. The Bertz CT molecular complexity index is 298. The molecule has 2 rings (SSSR count). The standard InChI is InChI=1S/2C8H15NO/c2*1-3-7(2)9-6-4-5-8(9)10/h2*7H,3-6H2,1-2H3/p+1. The van der Waals surface area contributed by atoms with Gasteiger partial charge in [0.1, 0.15) is 0 Å². The second-order valence-corrected chi connectivity index (χ2v) is 6.06. The number of rotatable bonds is 4. The zero-order valence-electron chi connectivity index (χ0n) is 13.6. The molecule has 0 bridgehead atoms. The Labute approximate surface area is 123 Å². The number of nitrogens with one attached hydrogen (secondary N) is 1. The van der Waals surface area contributed by atoms with Gasteiger partial charge in [0.15, 0.2) is 0 Å². The van der Waals surface area contributed by atoms with Gasteiger partial charge >= 0.3 is 5.91 Å². The molecule has 0 aromatic rings. The third-order valence-electron chi connectivity index (χ3n) is 4.65. The molecule has 20 heavy (non-hydrogen) atoms. The van der Waals surface area contributed by atoms with E-state index in [9.17, 15) is 9.59 Å². The third-order valence-corrected chi connectivity index (χ3v) is 4.65. The summed E-state index contributed by atoms with van der Waals surface area (Å²) in [5.41, 5.74) is 0. The molecule has 1 N–H and O–H groups in total. The summed E-state index contributed by atoms with van der Waals surface area (Å²) in [7, 11) is 0. The number of carbonyl (C=O) groups is 2. The Morgan fingerprint density at radius 1 is 1.10 bits per heavy atom. The fourth-order valence-electron chi connectivity index (χ4n) is 2.86. The van der Waals surface area contributed by atoms with E-state index in [2.05, 4.69) is 27.7 Å². The molecule has 2 saturated heterocycles. The minimum atomic E-state index is 0.342. The van der Waals surface area contributed by atoms with Crippen LogP contribution in [-0.2, 0) is 9.59 Å². The third kappa shape index (κ3) is 4.58. The highest BCUT2D eigenvalue weighted by molar-refractivity contribution is 5.78. The van der Waals surface area contributed by atoms with Crippen LogP contribution in [0.1, 0.15) is 66.2 Å². The first-order valence-corrected chi connectivity index (χ1v) is 8.19. The second kappa shape index (κ2) is 8.40. The van der Waals surface area contributed by atoms with Gasteiger partial charge in [-0.15, -0.1) is 0 Å². The summed E-state index contributed by atoms with van der Waals surface area (Å²) in [6.07, 6.45) is 5.92. The summed E-state index contributed by atoms with van der Waals surface area (Å²) in [5.74, 6) is 0.767. The first-order chi connectivity index (χ1) is 9.51. The molecule has 3 unspecified atom stereocenters. The van der Waals surface area contributed by atoms with Gasteiger partial charge in [0.05, 0.1) is 19.0 Å². The van der Waals surface area contributed by atoms with E-state index >= 15 is 0 Å². The fourth-order valence-corrected chi connectivity index (χ4v) is 2.86. The lowest BCUT2D eigenvalue weighted by molar-refractivity contribution is -0.837. The maximum Gasteiger partial charge on any atom is 0.312 e. The van der Waals surface area contributed by atoms with Crippen LogP contribution in [0, 0.1) is 0 Å². The maximum atomic E-state index is 11.1. The molecule has 0 saturated carbocycles. The van der Waals surface area contributed by atoms with Gasteiger partial charge in [0.25, 0.3) is 0 Å². The number of likely N-dealkylation sites (tertiary alicyclic amines) is 2. The van der Waals surface area contributed by atoms with Gasteiger partial charge in [0.2, 0.25) is 5.91 Å². The smallest absolute Gasteiger partial charge is 0.312 e. The van der Waals surface area contributed by atoms with Crippen molar-refractivity contribution in [3.05, 3.63) is 0 Å². The van der Waals surface area contributed by atoms with Crippen LogP contribution in [-0.4, -0.2) is 41.9 Å². The van der Waals surface area contributed by atoms with Crippen LogP contribution in [0.25, 0.3) is 0 Å². The highest BCUT2D eigenvalue weighted by Crippen LogP contribution is 2.14. The van der Waals surface area contributed by atoms with Gasteiger partial charge < -0.3 is 4.90 Å². The van der Waals surface area contributed by atoms with Gasteiger partial charge in [-0.1, -0.05) is 13.8 Å². The Balaban J connectivity index is 0.000000200. The minimum absolute atomic E-state index is 0.342. The van der Waals surface area contributed by atoms with Crippen LogP contribution in [0.3, 0.4) is 0 Å². The predicted octanol–water partition coefficient (Wildman–Crippen LogP) is 1.40. The van der Waals surface area contributed by atoms with E-state index in [-0.39, 0.29) is 0 Å². The largest absolute Gasteiger partial charge is 0.340 e. The molecule has 2 heterocycles. The molecule has 0 radical (unpaired) electrons. The average molecular weight is 283 g/mol. The van der Waals surface area contributed by atoms with E-state index < -0.39 is 0 Å². The number of hydrogen-bond donors (Lipinski definition) is 1. The lowest BCUT2D eigenvalue weighted by Crippen LogP contribution is -3.15. The summed E-state index contributed by atoms with van der Waals surface area (Å²) in [5, 5.41) is 0. The zero-order valence-corrected chi connectivity index (χ0v) is 13.6. The fraction of sp³-hybridized carbons (Fsp3) is 0.875. The Morgan fingerprint density at radius 3 is 2.20 bits per heavy atom. The molecule has 0 aromatic heterocycles. The highest BCUT2D eigenvalue weighted by atomic mass is 16.2. The van der Waals surface area contributed by atoms with E-state index in [1.807, 2.05) is 4.90 Å². The molecule has 0 spiro atoms. The maximum absolute atomic E-state index is 11.1. The number of hydrogen-bond acceptors (Lipinski definition) is 2. The number of carbonyl (C=O) groups excluding carboxylic acids is 2. The van der Waals surface area contributed by atoms with Crippen LogP contribution < -0.4 is 4.90 Å². The molecular formula is C16H31N2O2+. The first-order valence-electron chi connectivity index (χ1n) is 8.19. The van der Waals surface area contributed by atoms with E-state index in [0.717, 1.165) is 51.6 Å².